The Morgan fingerprint density at radius 3 is 2.24 bits per heavy atom. The van der Waals surface area contributed by atoms with Crippen molar-refractivity contribution in [3.8, 4) is 0 Å². The number of hydrogen-bond acceptors (Lipinski definition) is 4. The van der Waals surface area contributed by atoms with Gasteiger partial charge < -0.3 is 19.9 Å². The van der Waals surface area contributed by atoms with Crippen molar-refractivity contribution in [3.05, 3.63) is 0 Å². The van der Waals surface area contributed by atoms with Crippen molar-refractivity contribution >= 4 is 0 Å². The van der Waals surface area contributed by atoms with Gasteiger partial charge in [0.2, 0.25) is 0 Å². The van der Waals surface area contributed by atoms with Gasteiger partial charge in [0.15, 0.2) is 0 Å². The number of hydrogen-bond donors (Lipinski definition) is 1. The van der Waals surface area contributed by atoms with Crippen molar-refractivity contribution in [2.75, 3.05) is 40.8 Å². The van der Waals surface area contributed by atoms with Gasteiger partial charge in [-0.15, -0.1) is 0 Å². The Morgan fingerprint density at radius 1 is 1.14 bits per heavy atom. The van der Waals surface area contributed by atoms with Gasteiger partial charge in [-0.25, -0.2) is 0 Å². The van der Waals surface area contributed by atoms with Crippen LogP contribution in [-0.2, 0) is 4.74 Å². The molecule has 0 aromatic rings. The fourth-order valence-electron chi connectivity index (χ4n) is 4.47. The molecular formula is C17H35N3O. The van der Waals surface area contributed by atoms with Crippen LogP contribution in [0.25, 0.3) is 0 Å². The minimum absolute atomic E-state index is 0.0725. The van der Waals surface area contributed by atoms with Crippen molar-refractivity contribution in [3.63, 3.8) is 0 Å². The van der Waals surface area contributed by atoms with Crippen molar-refractivity contribution < 1.29 is 4.74 Å². The van der Waals surface area contributed by atoms with Crippen LogP contribution in [0.2, 0.25) is 0 Å². The highest BCUT2D eigenvalue weighted by Gasteiger charge is 2.53. The van der Waals surface area contributed by atoms with Crippen LogP contribution in [0.5, 0.6) is 0 Å². The second-order valence-electron chi connectivity index (χ2n) is 8.16. The summed E-state index contributed by atoms with van der Waals surface area (Å²) in [6.07, 6.45) is 2.57. The Balaban J connectivity index is 2.03. The number of rotatable bonds is 4. The second-order valence-corrected chi connectivity index (χ2v) is 8.16. The van der Waals surface area contributed by atoms with E-state index in [1.807, 2.05) is 0 Å². The molecule has 2 unspecified atom stereocenters. The lowest BCUT2D eigenvalue weighted by Gasteiger charge is -2.39. The van der Waals surface area contributed by atoms with Crippen molar-refractivity contribution in [2.24, 2.45) is 5.92 Å². The number of piperidine rings is 1. The molecule has 0 spiro atoms. The molecule has 0 radical (unpaired) electrons. The first kappa shape index (κ1) is 17.2. The van der Waals surface area contributed by atoms with E-state index in [0.29, 0.717) is 12.0 Å². The van der Waals surface area contributed by atoms with Gasteiger partial charge in [0.1, 0.15) is 0 Å². The maximum Gasteiger partial charge on any atom is 0.0790 e. The van der Waals surface area contributed by atoms with Crippen LogP contribution >= 0.6 is 0 Å². The maximum atomic E-state index is 6.36. The first-order chi connectivity index (χ1) is 9.67. The smallest absolute Gasteiger partial charge is 0.0790 e. The van der Waals surface area contributed by atoms with Gasteiger partial charge in [0, 0.05) is 24.5 Å². The zero-order valence-electron chi connectivity index (χ0n) is 15.1. The molecular weight excluding hydrogens is 262 g/mol. The molecule has 4 nitrogen and oxygen atoms in total. The molecule has 21 heavy (non-hydrogen) atoms. The van der Waals surface area contributed by atoms with E-state index < -0.39 is 0 Å². The van der Waals surface area contributed by atoms with E-state index in [0.717, 1.165) is 12.6 Å². The molecule has 2 heterocycles. The fourth-order valence-corrected chi connectivity index (χ4v) is 4.47. The lowest BCUT2D eigenvalue weighted by Crippen LogP contribution is -2.51. The lowest BCUT2D eigenvalue weighted by atomic mass is 9.82. The maximum absolute atomic E-state index is 6.36. The second kappa shape index (κ2) is 6.15. The van der Waals surface area contributed by atoms with Gasteiger partial charge >= 0.3 is 0 Å². The predicted octanol–water partition coefficient (Wildman–Crippen LogP) is 1.80. The summed E-state index contributed by atoms with van der Waals surface area (Å²) >= 11 is 0. The predicted molar refractivity (Wildman–Crippen MR) is 88.7 cm³/mol. The van der Waals surface area contributed by atoms with Crippen LogP contribution < -0.4 is 5.32 Å². The first-order valence-corrected chi connectivity index (χ1v) is 8.43. The zero-order chi connectivity index (χ0) is 15.8. The molecule has 1 N–H and O–H groups in total. The van der Waals surface area contributed by atoms with Gasteiger partial charge in [0.05, 0.1) is 11.2 Å². The summed E-state index contributed by atoms with van der Waals surface area (Å²) in [5.74, 6) is 0.516. The molecule has 2 saturated heterocycles. The van der Waals surface area contributed by atoms with Gasteiger partial charge in [-0.05, 0) is 74.8 Å². The van der Waals surface area contributed by atoms with Crippen LogP contribution in [0, 0.1) is 5.92 Å². The van der Waals surface area contributed by atoms with E-state index in [1.165, 1.54) is 25.9 Å². The monoisotopic (exact) mass is 297 g/mol. The molecule has 0 aromatic carbocycles. The van der Waals surface area contributed by atoms with Crippen LogP contribution in [0.4, 0.5) is 0 Å². The molecule has 0 aliphatic carbocycles. The third-order valence-electron chi connectivity index (χ3n) is 5.68. The third kappa shape index (κ3) is 3.61. The molecule has 4 heteroatoms. The summed E-state index contributed by atoms with van der Waals surface area (Å²) in [6, 6.07) is 1.12. The topological polar surface area (TPSA) is 27.7 Å². The largest absolute Gasteiger partial charge is 0.368 e. The lowest BCUT2D eigenvalue weighted by molar-refractivity contribution is -0.0799. The summed E-state index contributed by atoms with van der Waals surface area (Å²) in [6.45, 7) is 12.5. The zero-order valence-corrected chi connectivity index (χ0v) is 15.1. The van der Waals surface area contributed by atoms with Crippen LogP contribution in [0.1, 0.15) is 40.5 Å². The van der Waals surface area contributed by atoms with E-state index in [2.05, 4.69) is 64.0 Å². The van der Waals surface area contributed by atoms with Gasteiger partial charge in [-0.3, -0.25) is 0 Å². The molecule has 2 fully saturated rings. The standard InChI is InChI=1S/C17H35N3O/c1-16(2)14(15(18-5)17(3,4)21-16)12-20(7)13-8-10-19(6)11-9-13/h13-15,18H,8-12H2,1-7H3. The molecule has 124 valence electrons. The third-order valence-corrected chi connectivity index (χ3v) is 5.68. The Labute approximate surface area is 131 Å². The summed E-state index contributed by atoms with van der Waals surface area (Å²) in [5.41, 5.74) is -0.173. The molecule has 2 atom stereocenters. The first-order valence-electron chi connectivity index (χ1n) is 8.43. The van der Waals surface area contributed by atoms with E-state index in [-0.39, 0.29) is 11.2 Å². The highest BCUT2D eigenvalue weighted by atomic mass is 16.5. The highest BCUT2D eigenvalue weighted by molar-refractivity contribution is 5.06. The quantitative estimate of drug-likeness (QED) is 0.856. The molecule has 0 saturated carbocycles. The summed E-state index contributed by atoms with van der Waals surface area (Å²) in [7, 11) is 6.59. The number of nitrogens with one attached hydrogen (secondary N) is 1. The molecule has 2 aliphatic heterocycles. The molecule has 0 bridgehead atoms. The van der Waals surface area contributed by atoms with Crippen LogP contribution in [0.15, 0.2) is 0 Å². The molecule has 0 amide bonds. The van der Waals surface area contributed by atoms with Crippen molar-refractivity contribution in [2.45, 2.75) is 63.8 Å². The summed E-state index contributed by atoms with van der Waals surface area (Å²) in [5, 5.41) is 3.52. The Morgan fingerprint density at radius 2 is 1.71 bits per heavy atom. The summed E-state index contributed by atoms with van der Waals surface area (Å²) < 4.78 is 6.36. The Bertz CT molecular complexity index is 348. The van der Waals surface area contributed by atoms with Gasteiger partial charge in [-0.1, -0.05) is 0 Å². The molecule has 2 rings (SSSR count). The SMILES string of the molecule is CNC1C(CN(C)C2CCN(C)CC2)C(C)(C)OC1(C)C. The number of ether oxygens (including phenoxy) is 1. The van der Waals surface area contributed by atoms with Crippen LogP contribution in [-0.4, -0.2) is 73.9 Å². The number of likely N-dealkylation sites (N-methyl/N-ethyl adjacent to an activating group) is 1. The highest BCUT2D eigenvalue weighted by Crippen LogP contribution is 2.42. The van der Waals surface area contributed by atoms with Crippen LogP contribution in [0.3, 0.4) is 0 Å². The molecule has 2 aliphatic rings. The van der Waals surface area contributed by atoms with Crippen molar-refractivity contribution in [1.82, 2.24) is 15.1 Å². The number of likely N-dealkylation sites (tertiary alicyclic amines) is 1. The van der Waals surface area contributed by atoms with Crippen molar-refractivity contribution in [1.29, 1.82) is 0 Å². The fraction of sp³-hybridized carbons (Fsp3) is 1.00. The Kier molecular flexibility index (Phi) is 5.04. The summed E-state index contributed by atoms with van der Waals surface area (Å²) in [4.78, 5) is 5.01. The van der Waals surface area contributed by atoms with E-state index in [1.54, 1.807) is 0 Å². The van der Waals surface area contributed by atoms with Gasteiger partial charge in [0.25, 0.3) is 0 Å². The van der Waals surface area contributed by atoms with E-state index >= 15 is 0 Å². The Hall–Kier alpha value is -0.160. The average molecular weight is 297 g/mol. The number of nitrogens with zero attached hydrogens (tertiary/aromatic N) is 2. The molecule has 0 aromatic heterocycles. The minimum Gasteiger partial charge on any atom is -0.368 e. The normalized spacial score (nSPS) is 33.7. The average Bonchev–Trinajstić information content (AvgIpc) is 2.54. The van der Waals surface area contributed by atoms with Gasteiger partial charge in [-0.2, -0.15) is 0 Å². The minimum atomic E-state index is -0.101. The van der Waals surface area contributed by atoms with E-state index in [9.17, 15) is 0 Å². The van der Waals surface area contributed by atoms with E-state index in [4.69, 9.17) is 4.74 Å².